The van der Waals surface area contributed by atoms with E-state index in [1.807, 2.05) is 0 Å². The molecule has 2 rings (SSSR count). The fraction of sp³-hybridized carbons (Fsp3) is 0.263. The zero-order valence-corrected chi connectivity index (χ0v) is 15.2. The molecular weight excluding hydrogens is 361 g/mol. The highest BCUT2D eigenvalue weighted by Crippen LogP contribution is 2.27. The quantitative estimate of drug-likeness (QED) is 0.739. The number of amides is 1. The third kappa shape index (κ3) is 5.46. The molecule has 2 aromatic carbocycles. The Morgan fingerprint density at radius 2 is 1.96 bits per heavy atom. The van der Waals surface area contributed by atoms with Crippen LogP contribution in [-0.4, -0.2) is 25.1 Å². The van der Waals surface area contributed by atoms with Gasteiger partial charge in [0.25, 0.3) is 5.91 Å². The normalized spacial score (nSPS) is 11.5. The van der Waals surface area contributed by atoms with Crippen LogP contribution in [0.2, 0.25) is 5.02 Å². The van der Waals surface area contributed by atoms with Crippen LogP contribution in [0.4, 0.5) is 10.1 Å². The van der Waals surface area contributed by atoms with Crippen LogP contribution in [0, 0.1) is 5.82 Å². The fourth-order valence-corrected chi connectivity index (χ4v) is 2.43. The number of halogens is 2. The lowest BCUT2D eigenvalue weighted by molar-refractivity contribution is -0.153. The van der Waals surface area contributed by atoms with Crippen LogP contribution in [0.3, 0.4) is 0 Å². The smallest absolute Gasteiger partial charge is 0.306 e. The predicted octanol–water partition coefficient (Wildman–Crippen LogP) is 3.99. The second-order valence-corrected chi connectivity index (χ2v) is 5.99. The van der Waals surface area contributed by atoms with Crippen molar-refractivity contribution >= 4 is 29.2 Å². The Morgan fingerprint density at radius 1 is 1.23 bits per heavy atom. The summed E-state index contributed by atoms with van der Waals surface area (Å²) in [5.41, 5.74) is 0.796. The van der Waals surface area contributed by atoms with Crippen LogP contribution in [0.5, 0.6) is 5.75 Å². The van der Waals surface area contributed by atoms with E-state index in [0.717, 1.165) is 0 Å². The zero-order chi connectivity index (χ0) is 19.1. The fourth-order valence-electron chi connectivity index (χ4n) is 2.26. The van der Waals surface area contributed by atoms with Crippen molar-refractivity contribution < 1.29 is 23.5 Å². The molecule has 2 aromatic rings. The lowest BCUT2D eigenvalue weighted by Gasteiger charge is -2.15. The Hall–Kier alpha value is -2.60. The summed E-state index contributed by atoms with van der Waals surface area (Å²) in [6, 6.07) is 11.0. The highest BCUT2D eigenvalue weighted by atomic mass is 35.5. The van der Waals surface area contributed by atoms with E-state index in [9.17, 15) is 14.0 Å². The maximum Gasteiger partial charge on any atom is 0.306 e. The second kappa shape index (κ2) is 9.20. The van der Waals surface area contributed by atoms with Crippen LogP contribution in [0.25, 0.3) is 0 Å². The van der Waals surface area contributed by atoms with Gasteiger partial charge in [-0.1, -0.05) is 29.8 Å². The van der Waals surface area contributed by atoms with Gasteiger partial charge < -0.3 is 14.8 Å². The average molecular weight is 380 g/mol. The molecule has 0 aromatic heterocycles. The highest BCUT2D eigenvalue weighted by Gasteiger charge is 2.19. The monoisotopic (exact) mass is 379 g/mol. The summed E-state index contributed by atoms with van der Waals surface area (Å²) in [6.45, 7) is 1.45. The van der Waals surface area contributed by atoms with Crippen LogP contribution >= 0.6 is 11.6 Å². The summed E-state index contributed by atoms with van der Waals surface area (Å²) < 4.78 is 23.8. The summed E-state index contributed by atoms with van der Waals surface area (Å²) in [4.78, 5) is 24.1. The molecule has 1 atom stereocenters. The molecule has 0 aliphatic heterocycles. The van der Waals surface area contributed by atoms with E-state index in [1.165, 1.54) is 26.2 Å². The molecule has 0 radical (unpaired) electrons. The first kappa shape index (κ1) is 19.7. The number of rotatable bonds is 7. The number of hydrogen-bond donors (Lipinski definition) is 1. The van der Waals surface area contributed by atoms with Crippen LogP contribution < -0.4 is 10.1 Å². The molecule has 138 valence electrons. The van der Waals surface area contributed by atoms with Crippen molar-refractivity contribution in [3.05, 3.63) is 58.9 Å². The SMILES string of the molecule is COc1ccc(Cl)cc1NC(=O)C(C)OC(=O)CCc1ccccc1F. The van der Waals surface area contributed by atoms with Gasteiger partial charge >= 0.3 is 5.97 Å². The number of aryl methyl sites for hydroxylation is 1. The minimum atomic E-state index is -1.02. The molecule has 0 aliphatic carbocycles. The zero-order valence-electron chi connectivity index (χ0n) is 14.4. The van der Waals surface area contributed by atoms with Crippen molar-refractivity contribution in [1.82, 2.24) is 0 Å². The first-order valence-corrected chi connectivity index (χ1v) is 8.35. The van der Waals surface area contributed by atoms with E-state index in [1.54, 1.807) is 30.3 Å². The number of ether oxygens (including phenoxy) is 2. The van der Waals surface area contributed by atoms with Crippen molar-refractivity contribution in [3.8, 4) is 5.75 Å². The van der Waals surface area contributed by atoms with Gasteiger partial charge in [-0.25, -0.2) is 4.39 Å². The van der Waals surface area contributed by atoms with Gasteiger partial charge in [-0.15, -0.1) is 0 Å². The predicted molar refractivity (Wildman–Crippen MR) is 96.9 cm³/mol. The van der Waals surface area contributed by atoms with Crippen molar-refractivity contribution in [1.29, 1.82) is 0 Å². The molecule has 0 aliphatic rings. The molecule has 0 spiro atoms. The van der Waals surface area contributed by atoms with Gasteiger partial charge in [0.2, 0.25) is 0 Å². The number of anilines is 1. The lowest BCUT2D eigenvalue weighted by atomic mass is 10.1. The Morgan fingerprint density at radius 3 is 2.65 bits per heavy atom. The lowest BCUT2D eigenvalue weighted by Crippen LogP contribution is -2.30. The Kier molecular flexibility index (Phi) is 6.97. The molecule has 26 heavy (non-hydrogen) atoms. The molecular formula is C19H19ClFNO4. The Labute approximate surface area is 156 Å². The second-order valence-electron chi connectivity index (χ2n) is 5.56. The van der Waals surface area contributed by atoms with Crippen molar-refractivity contribution in [2.45, 2.75) is 25.9 Å². The molecule has 0 saturated heterocycles. The van der Waals surface area contributed by atoms with Crippen LogP contribution in [0.15, 0.2) is 42.5 Å². The Bertz CT molecular complexity index is 797. The summed E-state index contributed by atoms with van der Waals surface area (Å²) in [5, 5.41) is 3.03. The molecule has 7 heteroatoms. The van der Waals surface area contributed by atoms with Gasteiger partial charge in [-0.2, -0.15) is 0 Å². The minimum Gasteiger partial charge on any atom is -0.495 e. The highest BCUT2D eigenvalue weighted by molar-refractivity contribution is 6.31. The first-order valence-electron chi connectivity index (χ1n) is 7.98. The Balaban J connectivity index is 1.89. The van der Waals surface area contributed by atoms with E-state index >= 15 is 0 Å². The topological polar surface area (TPSA) is 64.6 Å². The molecule has 0 saturated carbocycles. The standard InChI is InChI=1S/C19H19ClFNO4/c1-12(19(24)22-16-11-14(20)8-9-17(16)25-2)26-18(23)10-7-13-5-3-4-6-15(13)21/h3-6,8-9,11-12H,7,10H2,1-2H3,(H,22,24). The number of carbonyl (C=O) groups is 2. The third-order valence-electron chi connectivity index (χ3n) is 3.65. The van der Waals surface area contributed by atoms with Gasteiger partial charge in [0.1, 0.15) is 11.6 Å². The van der Waals surface area contributed by atoms with Gasteiger partial charge in [-0.05, 0) is 43.2 Å². The largest absolute Gasteiger partial charge is 0.495 e. The number of esters is 1. The molecule has 0 heterocycles. The molecule has 1 unspecified atom stereocenters. The number of carbonyl (C=O) groups excluding carboxylic acids is 2. The molecule has 1 N–H and O–H groups in total. The third-order valence-corrected chi connectivity index (χ3v) is 3.89. The van der Waals surface area contributed by atoms with E-state index in [0.29, 0.717) is 22.0 Å². The molecule has 1 amide bonds. The van der Waals surface area contributed by atoms with E-state index in [4.69, 9.17) is 21.1 Å². The van der Waals surface area contributed by atoms with Crippen molar-refractivity contribution in [3.63, 3.8) is 0 Å². The van der Waals surface area contributed by atoms with E-state index < -0.39 is 18.0 Å². The summed E-state index contributed by atoms with van der Waals surface area (Å²) in [6.07, 6.45) is -0.854. The van der Waals surface area contributed by atoms with Gasteiger partial charge in [0.15, 0.2) is 6.10 Å². The maximum absolute atomic E-state index is 13.5. The summed E-state index contributed by atoms with van der Waals surface area (Å²) in [5.74, 6) is -1.06. The molecule has 0 bridgehead atoms. The van der Waals surface area contributed by atoms with E-state index in [2.05, 4.69) is 5.32 Å². The first-order chi connectivity index (χ1) is 12.4. The van der Waals surface area contributed by atoms with Gasteiger partial charge in [-0.3, -0.25) is 9.59 Å². The maximum atomic E-state index is 13.5. The number of hydrogen-bond acceptors (Lipinski definition) is 4. The summed E-state index contributed by atoms with van der Waals surface area (Å²) >= 11 is 5.91. The number of benzene rings is 2. The van der Waals surface area contributed by atoms with Crippen LogP contribution in [0.1, 0.15) is 18.9 Å². The minimum absolute atomic E-state index is 0.0287. The summed E-state index contributed by atoms with van der Waals surface area (Å²) in [7, 11) is 1.46. The van der Waals surface area contributed by atoms with Crippen molar-refractivity contribution in [2.75, 3.05) is 12.4 Å². The van der Waals surface area contributed by atoms with Crippen molar-refractivity contribution in [2.24, 2.45) is 0 Å². The van der Waals surface area contributed by atoms with Crippen LogP contribution in [-0.2, 0) is 20.7 Å². The van der Waals surface area contributed by atoms with Gasteiger partial charge in [0, 0.05) is 11.4 Å². The molecule has 5 nitrogen and oxygen atoms in total. The number of methoxy groups -OCH3 is 1. The average Bonchev–Trinajstić information content (AvgIpc) is 2.61. The number of nitrogens with one attached hydrogen (secondary N) is 1. The molecule has 0 fully saturated rings. The van der Waals surface area contributed by atoms with Gasteiger partial charge in [0.05, 0.1) is 12.8 Å². The van der Waals surface area contributed by atoms with E-state index in [-0.39, 0.29) is 18.7 Å².